The molecule has 0 atom stereocenters. The van der Waals surface area contributed by atoms with E-state index in [2.05, 4.69) is 56.4 Å². The van der Waals surface area contributed by atoms with Crippen molar-refractivity contribution in [2.24, 2.45) is 0 Å². The number of piperazine rings is 1. The topological polar surface area (TPSA) is 82.1 Å². The third kappa shape index (κ3) is 5.13. The van der Waals surface area contributed by atoms with E-state index in [0.29, 0.717) is 34.3 Å². The summed E-state index contributed by atoms with van der Waals surface area (Å²) in [6.45, 7) is 6.58. The Morgan fingerprint density at radius 1 is 0.930 bits per heavy atom. The third-order valence-corrected chi connectivity index (χ3v) is 8.61. The molecule has 4 heterocycles. The zero-order valence-corrected chi connectivity index (χ0v) is 24.9. The maximum atomic E-state index is 13.8. The maximum absolute atomic E-state index is 13.8. The highest BCUT2D eigenvalue weighted by Crippen LogP contribution is 2.35. The molecule has 43 heavy (non-hydrogen) atoms. The lowest BCUT2D eigenvalue weighted by Gasteiger charge is -2.34. The molecule has 0 saturated carbocycles. The van der Waals surface area contributed by atoms with E-state index in [1.807, 2.05) is 61.7 Å². The first-order valence-corrected chi connectivity index (χ1v) is 14.9. The van der Waals surface area contributed by atoms with Gasteiger partial charge in [0.1, 0.15) is 5.65 Å². The first-order valence-electron chi connectivity index (χ1n) is 14.6. The van der Waals surface area contributed by atoms with Crippen molar-refractivity contribution in [3.8, 4) is 22.3 Å². The van der Waals surface area contributed by atoms with E-state index >= 15 is 0 Å². The molecule has 9 heteroatoms. The van der Waals surface area contributed by atoms with E-state index < -0.39 is 0 Å². The van der Waals surface area contributed by atoms with Gasteiger partial charge in [0, 0.05) is 88.9 Å². The van der Waals surface area contributed by atoms with Crippen LogP contribution in [0.4, 0.5) is 17.3 Å². The van der Waals surface area contributed by atoms with Gasteiger partial charge >= 0.3 is 0 Å². The number of H-pyrrole nitrogens is 1. The molecule has 1 aliphatic heterocycles. The van der Waals surface area contributed by atoms with Crippen molar-refractivity contribution >= 4 is 50.9 Å². The molecule has 1 saturated heterocycles. The van der Waals surface area contributed by atoms with Crippen molar-refractivity contribution in [3.63, 3.8) is 0 Å². The first-order chi connectivity index (χ1) is 21.0. The lowest BCUT2D eigenvalue weighted by Crippen LogP contribution is -2.44. The Morgan fingerprint density at radius 2 is 1.74 bits per heavy atom. The minimum Gasteiger partial charge on any atom is -0.369 e. The second kappa shape index (κ2) is 11.2. The molecular formula is C34H32ClN7O. The molecule has 0 aliphatic carbocycles. The Hall–Kier alpha value is -4.66. The van der Waals surface area contributed by atoms with Crippen LogP contribution < -0.4 is 15.8 Å². The fraction of sp³-hybridized carbons (Fsp3) is 0.206. The summed E-state index contributed by atoms with van der Waals surface area (Å²) in [6, 6.07) is 24.2. The summed E-state index contributed by atoms with van der Waals surface area (Å²) in [6.07, 6.45) is 3.69. The number of aromatic nitrogens is 4. The van der Waals surface area contributed by atoms with Gasteiger partial charge in [0.05, 0.1) is 0 Å². The van der Waals surface area contributed by atoms with Gasteiger partial charge in [-0.25, -0.2) is 4.98 Å². The number of anilines is 3. The Morgan fingerprint density at radius 3 is 2.51 bits per heavy atom. The van der Waals surface area contributed by atoms with Crippen LogP contribution in [0, 0.1) is 0 Å². The van der Waals surface area contributed by atoms with Crippen LogP contribution in [0.5, 0.6) is 0 Å². The summed E-state index contributed by atoms with van der Waals surface area (Å²) in [5.41, 5.74) is 6.88. The molecule has 0 spiro atoms. The minimum absolute atomic E-state index is 0.140. The number of aryl methyl sites for hydroxylation is 1. The molecule has 1 aliphatic rings. The summed E-state index contributed by atoms with van der Waals surface area (Å²) < 4.78 is 1.68. The van der Waals surface area contributed by atoms with E-state index in [9.17, 15) is 4.79 Å². The van der Waals surface area contributed by atoms with Gasteiger partial charge in [-0.3, -0.25) is 9.36 Å². The van der Waals surface area contributed by atoms with Crippen molar-refractivity contribution < 1.29 is 0 Å². The first kappa shape index (κ1) is 27.2. The Labute approximate surface area is 254 Å². The number of nitrogens with zero attached hydrogens (tertiary/aromatic N) is 5. The van der Waals surface area contributed by atoms with E-state index in [1.165, 1.54) is 5.69 Å². The number of hydrogen-bond donors (Lipinski definition) is 2. The van der Waals surface area contributed by atoms with Gasteiger partial charge in [0.25, 0.3) is 5.56 Å². The largest absolute Gasteiger partial charge is 0.369 e. The lowest BCUT2D eigenvalue weighted by molar-refractivity contribution is 0.313. The standard InChI is InChI=1S/C34H32ClN7O/c1-3-42-32-23(21-37-34(39-32)38-24-8-10-25(11-9-24)41-17-15-40(2)16-18-41)19-29(33(42)43)27-12-7-22(20-30(27)35)26-5-4-6-31-28(26)13-14-36-31/h4-14,19-21,36H,3,15-18H2,1-2H3,(H,37,38,39). The second-order valence-electron chi connectivity index (χ2n) is 11.0. The lowest BCUT2D eigenvalue weighted by atomic mass is 9.98. The summed E-state index contributed by atoms with van der Waals surface area (Å²) in [4.78, 5) is 31.1. The molecule has 0 radical (unpaired) electrons. The van der Waals surface area contributed by atoms with Gasteiger partial charge < -0.3 is 20.1 Å². The summed E-state index contributed by atoms with van der Waals surface area (Å²) in [7, 11) is 2.16. The molecule has 0 unspecified atom stereocenters. The SMILES string of the molecule is CCn1c(=O)c(-c2ccc(-c3cccc4[nH]ccc34)cc2Cl)cc2cnc(Nc3ccc(N4CCN(C)CC4)cc3)nc21. The van der Waals surface area contributed by atoms with Crippen LogP contribution in [0.2, 0.25) is 5.02 Å². The van der Waals surface area contributed by atoms with Crippen molar-refractivity contribution in [1.82, 2.24) is 24.4 Å². The third-order valence-electron chi connectivity index (χ3n) is 8.30. The zero-order chi connectivity index (χ0) is 29.5. The van der Waals surface area contributed by atoms with E-state index in [-0.39, 0.29) is 5.56 Å². The monoisotopic (exact) mass is 589 g/mol. The van der Waals surface area contributed by atoms with Crippen molar-refractivity contribution in [3.05, 3.63) is 101 Å². The van der Waals surface area contributed by atoms with Crippen LogP contribution in [-0.4, -0.2) is 57.6 Å². The minimum atomic E-state index is -0.140. The van der Waals surface area contributed by atoms with Crippen LogP contribution in [0.1, 0.15) is 6.92 Å². The number of nitrogens with one attached hydrogen (secondary N) is 2. The van der Waals surface area contributed by atoms with Gasteiger partial charge in [0.2, 0.25) is 5.95 Å². The molecule has 6 aromatic rings. The van der Waals surface area contributed by atoms with Crippen molar-refractivity contribution in [2.45, 2.75) is 13.5 Å². The van der Waals surface area contributed by atoms with Gasteiger partial charge in [-0.15, -0.1) is 0 Å². The van der Waals surface area contributed by atoms with E-state index in [1.54, 1.807) is 10.8 Å². The Balaban J connectivity index is 1.18. The molecule has 3 aromatic carbocycles. The van der Waals surface area contributed by atoms with Crippen molar-refractivity contribution in [1.29, 1.82) is 0 Å². The van der Waals surface area contributed by atoms with Gasteiger partial charge in [0.15, 0.2) is 0 Å². The molecule has 3 aromatic heterocycles. The van der Waals surface area contributed by atoms with Crippen LogP contribution in [-0.2, 0) is 6.54 Å². The van der Waals surface area contributed by atoms with Crippen LogP contribution >= 0.6 is 11.6 Å². The number of aromatic amines is 1. The van der Waals surface area contributed by atoms with Gasteiger partial charge in [-0.2, -0.15) is 4.98 Å². The molecule has 2 N–H and O–H groups in total. The molecule has 0 bridgehead atoms. The molecule has 7 rings (SSSR count). The summed E-state index contributed by atoms with van der Waals surface area (Å²) in [5.74, 6) is 0.440. The fourth-order valence-electron chi connectivity index (χ4n) is 5.89. The number of likely N-dealkylation sites (N-methyl/N-ethyl adjacent to an activating group) is 1. The smallest absolute Gasteiger partial charge is 0.260 e. The number of benzene rings is 3. The van der Waals surface area contributed by atoms with Crippen LogP contribution in [0.3, 0.4) is 0 Å². The zero-order valence-electron chi connectivity index (χ0n) is 24.1. The van der Waals surface area contributed by atoms with Crippen molar-refractivity contribution in [2.75, 3.05) is 43.4 Å². The Bertz CT molecular complexity index is 2010. The average molecular weight is 590 g/mol. The molecule has 0 amide bonds. The average Bonchev–Trinajstić information content (AvgIpc) is 3.51. The quantitative estimate of drug-likeness (QED) is 0.223. The summed E-state index contributed by atoms with van der Waals surface area (Å²) in [5, 5.41) is 5.71. The number of rotatable bonds is 6. The highest BCUT2D eigenvalue weighted by Gasteiger charge is 2.17. The number of pyridine rings is 1. The summed E-state index contributed by atoms with van der Waals surface area (Å²) >= 11 is 6.84. The molecule has 1 fully saturated rings. The highest BCUT2D eigenvalue weighted by atomic mass is 35.5. The number of fused-ring (bicyclic) bond motifs is 2. The molecule has 8 nitrogen and oxygen atoms in total. The van der Waals surface area contributed by atoms with Gasteiger partial charge in [-0.1, -0.05) is 35.9 Å². The highest BCUT2D eigenvalue weighted by molar-refractivity contribution is 6.33. The normalized spacial score (nSPS) is 14.1. The van der Waals surface area contributed by atoms with Crippen LogP contribution in [0.15, 0.2) is 90.0 Å². The second-order valence-corrected chi connectivity index (χ2v) is 11.4. The number of halogens is 1. The van der Waals surface area contributed by atoms with Crippen LogP contribution in [0.25, 0.3) is 44.2 Å². The molecule has 216 valence electrons. The molecular weight excluding hydrogens is 558 g/mol. The Kier molecular flexibility index (Phi) is 7.08. The maximum Gasteiger partial charge on any atom is 0.260 e. The number of hydrogen-bond acceptors (Lipinski definition) is 6. The van der Waals surface area contributed by atoms with E-state index in [4.69, 9.17) is 16.6 Å². The predicted molar refractivity (Wildman–Crippen MR) is 177 cm³/mol. The van der Waals surface area contributed by atoms with Gasteiger partial charge in [-0.05, 0) is 73.6 Å². The van der Waals surface area contributed by atoms with E-state index in [0.717, 1.165) is 59.3 Å². The predicted octanol–water partition coefficient (Wildman–Crippen LogP) is 6.78. The fourth-order valence-corrected chi connectivity index (χ4v) is 6.18.